The van der Waals surface area contributed by atoms with Crippen molar-refractivity contribution in [3.8, 4) is 0 Å². The van der Waals surface area contributed by atoms with E-state index >= 15 is 0 Å². The Bertz CT molecular complexity index is 593. The minimum absolute atomic E-state index is 0.0442. The fourth-order valence-corrected chi connectivity index (χ4v) is 3.32. The zero-order valence-electron chi connectivity index (χ0n) is 12.3. The molecular formula is C17H20Cl2N2. The highest BCUT2D eigenvalue weighted by atomic mass is 35.5. The van der Waals surface area contributed by atoms with Gasteiger partial charge in [0.25, 0.3) is 0 Å². The molecule has 112 valence electrons. The topological polar surface area (TPSA) is 29.3 Å². The van der Waals surface area contributed by atoms with Crippen LogP contribution in [0, 0.1) is 6.92 Å². The van der Waals surface area contributed by atoms with E-state index < -0.39 is 0 Å². The molecule has 2 aromatic rings. The summed E-state index contributed by atoms with van der Waals surface area (Å²) in [7, 11) is 0. The van der Waals surface area contributed by atoms with Gasteiger partial charge >= 0.3 is 0 Å². The average molecular weight is 323 g/mol. The predicted octanol–water partition coefficient (Wildman–Crippen LogP) is 4.83. The van der Waals surface area contributed by atoms with Crippen LogP contribution in [0.4, 0.5) is 5.69 Å². The molecule has 2 rings (SSSR count). The largest absolute Gasteiger partial charge is 0.363 e. The lowest BCUT2D eigenvalue weighted by atomic mass is 10.0. The normalized spacial score (nSPS) is 12.2. The van der Waals surface area contributed by atoms with E-state index in [2.05, 4.69) is 30.9 Å². The third-order valence-electron chi connectivity index (χ3n) is 3.70. The Morgan fingerprint density at radius 2 is 1.67 bits per heavy atom. The number of para-hydroxylation sites is 1. The molecule has 4 heteroatoms. The van der Waals surface area contributed by atoms with Gasteiger partial charge in [-0.2, -0.15) is 0 Å². The minimum Gasteiger partial charge on any atom is -0.363 e. The number of hydrogen-bond acceptors (Lipinski definition) is 2. The molecule has 0 bridgehead atoms. The summed E-state index contributed by atoms with van der Waals surface area (Å²) in [6, 6.07) is 13.8. The van der Waals surface area contributed by atoms with Crippen molar-refractivity contribution in [2.45, 2.75) is 19.9 Å². The third-order valence-corrected chi connectivity index (χ3v) is 4.36. The fraction of sp³-hybridized carbons (Fsp3) is 0.294. The van der Waals surface area contributed by atoms with Crippen molar-refractivity contribution in [2.75, 3.05) is 18.0 Å². The van der Waals surface area contributed by atoms with Gasteiger partial charge in [-0.25, -0.2) is 0 Å². The van der Waals surface area contributed by atoms with Crippen molar-refractivity contribution >= 4 is 28.9 Å². The number of aryl methyl sites for hydroxylation is 1. The van der Waals surface area contributed by atoms with E-state index in [0.29, 0.717) is 16.6 Å². The quantitative estimate of drug-likeness (QED) is 0.854. The summed E-state index contributed by atoms with van der Waals surface area (Å²) in [4.78, 5) is 2.25. The Hall–Kier alpha value is -1.22. The number of anilines is 1. The van der Waals surface area contributed by atoms with Crippen molar-refractivity contribution in [3.05, 3.63) is 63.6 Å². The van der Waals surface area contributed by atoms with Crippen LogP contribution in [0.5, 0.6) is 0 Å². The molecule has 0 aliphatic carbocycles. The van der Waals surface area contributed by atoms with Crippen molar-refractivity contribution in [1.82, 2.24) is 0 Å². The average Bonchev–Trinajstić information content (AvgIpc) is 2.47. The molecule has 21 heavy (non-hydrogen) atoms. The standard InChI is InChI=1S/C17H20Cl2N2/c1-3-21(15-10-5-4-7-12(15)2)16(11-20)17-13(18)8-6-9-14(17)19/h4-10,16H,3,11,20H2,1-2H3. The van der Waals surface area contributed by atoms with Gasteiger partial charge in [-0.15, -0.1) is 0 Å². The van der Waals surface area contributed by atoms with E-state index in [-0.39, 0.29) is 6.04 Å². The summed E-state index contributed by atoms with van der Waals surface area (Å²) in [5.74, 6) is 0. The number of nitrogens with zero attached hydrogens (tertiary/aromatic N) is 1. The van der Waals surface area contributed by atoms with E-state index in [1.807, 2.05) is 30.3 Å². The third kappa shape index (κ3) is 3.34. The molecule has 1 unspecified atom stereocenters. The fourth-order valence-electron chi connectivity index (χ4n) is 2.67. The van der Waals surface area contributed by atoms with Crippen molar-refractivity contribution in [2.24, 2.45) is 5.73 Å². The molecule has 0 amide bonds. The van der Waals surface area contributed by atoms with Gasteiger partial charge in [0.1, 0.15) is 0 Å². The van der Waals surface area contributed by atoms with Crippen LogP contribution in [0.3, 0.4) is 0 Å². The van der Waals surface area contributed by atoms with Gasteiger partial charge in [-0.1, -0.05) is 47.5 Å². The molecule has 2 aromatic carbocycles. The number of halogens is 2. The first kappa shape index (κ1) is 16.2. The smallest absolute Gasteiger partial charge is 0.0693 e. The van der Waals surface area contributed by atoms with Gasteiger partial charge in [0, 0.05) is 34.4 Å². The molecule has 2 N–H and O–H groups in total. The zero-order chi connectivity index (χ0) is 15.4. The van der Waals surface area contributed by atoms with Crippen LogP contribution in [0.2, 0.25) is 10.0 Å². The van der Waals surface area contributed by atoms with Gasteiger partial charge in [0.15, 0.2) is 0 Å². The first-order valence-electron chi connectivity index (χ1n) is 7.06. The molecule has 0 aliphatic rings. The Kier molecular flexibility index (Phi) is 5.51. The summed E-state index contributed by atoms with van der Waals surface area (Å²) in [6.45, 7) is 5.49. The molecule has 0 saturated heterocycles. The van der Waals surface area contributed by atoms with Crippen LogP contribution in [-0.2, 0) is 0 Å². The van der Waals surface area contributed by atoms with Gasteiger partial charge in [0.05, 0.1) is 6.04 Å². The van der Waals surface area contributed by atoms with Crippen molar-refractivity contribution < 1.29 is 0 Å². The van der Waals surface area contributed by atoms with Gasteiger partial charge < -0.3 is 10.6 Å². The minimum atomic E-state index is -0.0442. The molecule has 1 atom stereocenters. The maximum absolute atomic E-state index is 6.36. The number of benzene rings is 2. The molecular weight excluding hydrogens is 303 g/mol. The molecule has 0 spiro atoms. The lowest BCUT2D eigenvalue weighted by Crippen LogP contribution is -2.34. The van der Waals surface area contributed by atoms with Crippen LogP contribution in [0.25, 0.3) is 0 Å². The number of likely N-dealkylation sites (N-methyl/N-ethyl adjacent to an activating group) is 1. The van der Waals surface area contributed by atoms with Crippen molar-refractivity contribution in [1.29, 1.82) is 0 Å². The maximum atomic E-state index is 6.36. The number of rotatable bonds is 5. The lowest BCUT2D eigenvalue weighted by Gasteiger charge is -2.34. The van der Waals surface area contributed by atoms with Gasteiger partial charge in [-0.05, 0) is 37.6 Å². The second-order valence-corrected chi connectivity index (χ2v) is 5.77. The highest BCUT2D eigenvalue weighted by molar-refractivity contribution is 6.36. The van der Waals surface area contributed by atoms with E-state index in [9.17, 15) is 0 Å². The van der Waals surface area contributed by atoms with Crippen LogP contribution in [0.15, 0.2) is 42.5 Å². The Balaban J connectivity index is 2.51. The molecule has 0 saturated carbocycles. The first-order chi connectivity index (χ1) is 10.1. The van der Waals surface area contributed by atoms with Crippen LogP contribution >= 0.6 is 23.2 Å². The second-order valence-electron chi connectivity index (χ2n) is 4.96. The SMILES string of the molecule is CCN(c1ccccc1C)C(CN)c1c(Cl)cccc1Cl. The lowest BCUT2D eigenvalue weighted by molar-refractivity contribution is 0.642. The van der Waals surface area contributed by atoms with E-state index in [0.717, 1.165) is 17.8 Å². The van der Waals surface area contributed by atoms with Gasteiger partial charge in [0.2, 0.25) is 0 Å². The molecule has 0 fully saturated rings. The first-order valence-corrected chi connectivity index (χ1v) is 7.82. The van der Waals surface area contributed by atoms with Crippen LogP contribution < -0.4 is 10.6 Å². The molecule has 0 aromatic heterocycles. The summed E-state index contributed by atoms with van der Waals surface area (Å²) < 4.78 is 0. The summed E-state index contributed by atoms with van der Waals surface area (Å²) in [6.07, 6.45) is 0. The van der Waals surface area contributed by atoms with E-state index in [1.54, 1.807) is 0 Å². The molecule has 0 aliphatic heterocycles. The Morgan fingerprint density at radius 3 is 2.19 bits per heavy atom. The van der Waals surface area contributed by atoms with E-state index in [1.165, 1.54) is 5.56 Å². The molecule has 0 radical (unpaired) electrons. The molecule has 2 nitrogen and oxygen atoms in total. The maximum Gasteiger partial charge on any atom is 0.0693 e. The second kappa shape index (κ2) is 7.17. The summed E-state index contributed by atoms with van der Waals surface area (Å²) in [5, 5.41) is 1.31. The van der Waals surface area contributed by atoms with Crippen molar-refractivity contribution in [3.63, 3.8) is 0 Å². The van der Waals surface area contributed by atoms with Gasteiger partial charge in [-0.3, -0.25) is 0 Å². The highest BCUT2D eigenvalue weighted by Crippen LogP contribution is 2.36. The summed E-state index contributed by atoms with van der Waals surface area (Å²) in [5.41, 5.74) is 9.31. The highest BCUT2D eigenvalue weighted by Gasteiger charge is 2.23. The zero-order valence-corrected chi connectivity index (χ0v) is 13.8. The molecule has 0 heterocycles. The monoisotopic (exact) mass is 322 g/mol. The van der Waals surface area contributed by atoms with Crippen LogP contribution in [0.1, 0.15) is 24.1 Å². The number of nitrogens with two attached hydrogens (primary N) is 1. The van der Waals surface area contributed by atoms with E-state index in [4.69, 9.17) is 28.9 Å². The Morgan fingerprint density at radius 1 is 1.05 bits per heavy atom. The number of hydrogen-bond donors (Lipinski definition) is 1. The predicted molar refractivity (Wildman–Crippen MR) is 92.5 cm³/mol. The van der Waals surface area contributed by atoms with Crippen LogP contribution in [-0.4, -0.2) is 13.1 Å². The summed E-state index contributed by atoms with van der Waals surface area (Å²) >= 11 is 12.7. The Labute approximate surface area is 136 Å².